The summed E-state index contributed by atoms with van der Waals surface area (Å²) in [6.07, 6.45) is 4.41. The van der Waals surface area contributed by atoms with Crippen LogP contribution in [0.1, 0.15) is 36.3 Å². The highest BCUT2D eigenvalue weighted by atomic mass is 16.5. The smallest absolute Gasteiger partial charge is 0.330 e. The molecule has 1 aromatic heterocycles. The van der Waals surface area contributed by atoms with Crippen molar-refractivity contribution in [3.05, 3.63) is 23.8 Å². The number of hydrogen-bond acceptors (Lipinski definition) is 4. The molecule has 98 valence electrons. The molecule has 0 radical (unpaired) electrons. The Morgan fingerprint density at radius 1 is 1.50 bits per heavy atom. The molecule has 18 heavy (non-hydrogen) atoms. The fourth-order valence-electron chi connectivity index (χ4n) is 2.54. The summed E-state index contributed by atoms with van der Waals surface area (Å²) < 4.78 is 4.94. The average Bonchev–Trinajstić information content (AvgIpc) is 2.66. The second-order valence-electron chi connectivity index (χ2n) is 4.46. The van der Waals surface area contributed by atoms with E-state index in [1.807, 2.05) is 0 Å². The minimum Gasteiger partial charge on any atom is -0.494 e. The van der Waals surface area contributed by atoms with Gasteiger partial charge in [0.2, 0.25) is 0 Å². The van der Waals surface area contributed by atoms with Crippen molar-refractivity contribution in [1.82, 2.24) is 4.98 Å². The van der Waals surface area contributed by atoms with Gasteiger partial charge in [0.15, 0.2) is 11.8 Å². The van der Waals surface area contributed by atoms with Gasteiger partial charge in [-0.1, -0.05) is 6.58 Å². The Balaban J connectivity index is 2.04. The van der Waals surface area contributed by atoms with Gasteiger partial charge < -0.3 is 14.9 Å². The molecule has 0 aliphatic heterocycles. The standard InChI is InChI=1S/C13H17NO4/c1-2-10(15)18-7-6-8-4-3-5-9-11(8)13(17)14-12(9)16/h2,8,14,16-17H,1,3-7H2. The van der Waals surface area contributed by atoms with Gasteiger partial charge in [0.1, 0.15) is 0 Å². The molecule has 1 aliphatic rings. The molecule has 1 unspecified atom stereocenters. The zero-order valence-corrected chi connectivity index (χ0v) is 10.1. The molecule has 3 N–H and O–H groups in total. The number of H-pyrrole nitrogens is 1. The number of fused-ring (bicyclic) bond motifs is 1. The van der Waals surface area contributed by atoms with Crippen LogP contribution in [0.5, 0.6) is 11.8 Å². The molecule has 2 rings (SSSR count). The summed E-state index contributed by atoms with van der Waals surface area (Å²) in [5.41, 5.74) is 1.56. The molecule has 5 heteroatoms. The zero-order valence-electron chi connectivity index (χ0n) is 10.1. The Morgan fingerprint density at radius 3 is 3.00 bits per heavy atom. The summed E-state index contributed by atoms with van der Waals surface area (Å²) in [4.78, 5) is 13.5. The number of ether oxygens (including phenoxy) is 1. The van der Waals surface area contributed by atoms with Crippen LogP contribution in [0, 0.1) is 0 Å². The highest BCUT2D eigenvalue weighted by Crippen LogP contribution is 2.43. The maximum absolute atomic E-state index is 10.9. The highest BCUT2D eigenvalue weighted by Gasteiger charge is 2.28. The maximum Gasteiger partial charge on any atom is 0.330 e. The topological polar surface area (TPSA) is 82.5 Å². The number of hydrogen-bond donors (Lipinski definition) is 3. The molecule has 1 aromatic rings. The van der Waals surface area contributed by atoms with Crippen LogP contribution in [-0.4, -0.2) is 27.8 Å². The second-order valence-corrected chi connectivity index (χ2v) is 4.46. The molecule has 0 saturated carbocycles. The Hall–Kier alpha value is -1.91. The first-order valence-electron chi connectivity index (χ1n) is 6.05. The van der Waals surface area contributed by atoms with E-state index in [4.69, 9.17) is 4.74 Å². The Morgan fingerprint density at radius 2 is 2.28 bits per heavy atom. The van der Waals surface area contributed by atoms with Crippen molar-refractivity contribution in [2.45, 2.75) is 31.6 Å². The van der Waals surface area contributed by atoms with Crippen LogP contribution in [0.3, 0.4) is 0 Å². The van der Waals surface area contributed by atoms with E-state index in [1.165, 1.54) is 0 Å². The lowest BCUT2D eigenvalue weighted by Crippen LogP contribution is -2.12. The fourth-order valence-corrected chi connectivity index (χ4v) is 2.54. The molecular weight excluding hydrogens is 234 g/mol. The molecule has 1 heterocycles. The van der Waals surface area contributed by atoms with Crippen molar-refractivity contribution >= 4 is 5.97 Å². The summed E-state index contributed by atoms with van der Waals surface area (Å²) in [5, 5.41) is 19.4. The van der Waals surface area contributed by atoms with E-state index in [2.05, 4.69) is 11.6 Å². The van der Waals surface area contributed by atoms with Crippen LogP contribution in [0.4, 0.5) is 0 Å². The number of aromatic hydroxyl groups is 2. The lowest BCUT2D eigenvalue weighted by Gasteiger charge is -2.22. The van der Waals surface area contributed by atoms with Crippen LogP contribution in [-0.2, 0) is 16.0 Å². The van der Waals surface area contributed by atoms with E-state index < -0.39 is 5.97 Å². The summed E-state index contributed by atoms with van der Waals surface area (Å²) in [7, 11) is 0. The minimum absolute atomic E-state index is 0.0299. The summed E-state index contributed by atoms with van der Waals surface area (Å²) in [6, 6.07) is 0. The van der Waals surface area contributed by atoms with Crippen molar-refractivity contribution in [1.29, 1.82) is 0 Å². The quantitative estimate of drug-likeness (QED) is 0.564. The molecule has 5 nitrogen and oxygen atoms in total. The number of aromatic amines is 1. The predicted molar refractivity (Wildman–Crippen MR) is 65.6 cm³/mol. The largest absolute Gasteiger partial charge is 0.494 e. The van der Waals surface area contributed by atoms with Crippen LogP contribution < -0.4 is 0 Å². The van der Waals surface area contributed by atoms with Gasteiger partial charge in [-0.2, -0.15) is 0 Å². The number of carbonyl (C=O) groups excluding carboxylic acids is 1. The lowest BCUT2D eigenvalue weighted by molar-refractivity contribution is -0.137. The van der Waals surface area contributed by atoms with E-state index in [0.717, 1.165) is 36.5 Å². The maximum atomic E-state index is 10.9. The normalized spacial score (nSPS) is 18.1. The molecule has 0 aromatic carbocycles. The minimum atomic E-state index is -0.438. The van der Waals surface area contributed by atoms with Crippen molar-refractivity contribution in [3.8, 4) is 11.8 Å². The predicted octanol–water partition coefficient (Wildman–Crippen LogP) is 1.97. The van der Waals surface area contributed by atoms with Crippen molar-refractivity contribution in [2.24, 2.45) is 0 Å². The number of esters is 1. The Bertz CT molecular complexity index is 464. The average molecular weight is 251 g/mol. The van der Waals surface area contributed by atoms with Gasteiger partial charge in [-0.05, 0) is 31.6 Å². The molecular formula is C13H17NO4. The van der Waals surface area contributed by atoms with E-state index in [1.54, 1.807) is 0 Å². The summed E-state index contributed by atoms with van der Waals surface area (Å²) >= 11 is 0. The van der Waals surface area contributed by atoms with Crippen LogP contribution in [0.25, 0.3) is 0 Å². The van der Waals surface area contributed by atoms with Gasteiger partial charge in [-0.3, -0.25) is 4.98 Å². The molecule has 0 amide bonds. The molecule has 0 bridgehead atoms. The first-order chi connectivity index (χ1) is 8.63. The molecule has 1 atom stereocenters. The third-order valence-corrected chi connectivity index (χ3v) is 3.37. The fraction of sp³-hybridized carbons (Fsp3) is 0.462. The molecule has 1 aliphatic carbocycles. The van der Waals surface area contributed by atoms with Gasteiger partial charge in [-0.25, -0.2) is 4.79 Å². The van der Waals surface area contributed by atoms with E-state index in [9.17, 15) is 15.0 Å². The molecule has 0 fully saturated rings. The van der Waals surface area contributed by atoms with Crippen molar-refractivity contribution < 1.29 is 19.7 Å². The van der Waals surface area contributed by atoms with E-state index in [-0.39, 0.29) is 17.7 Å². The van der Waals surface area contributed by atoms with Gasteiger partial charge in [-0.15, -0.1) is 0 Å². The third-order valence-electron chi connectivity index (χ3n) is 3.37. The number of carbonyl (C=O) groups is 1. The van der Waals surface area contributed by atoms with Crippen LogP contribution in [0.2, 0.25) is 0 Å². The van der Waals surface area contributed by atoms with E-state index in [0.29, 0.717) is 13.0 Å². The van der Waals surface area contributed by atoms with Gasteiger partial charge in [0.05, 0.1) is 6.61 Å². The van der Waals surface area contributed by atoms with Crippen LogP contribution in [0.15, 0.2) is 12.7 Å². The van der Waals surface area contributed by atoms with Gasteiger partial charge in [0, 0.05) is 17.2 Å². The van der Waals surface area contributed by atoms with Crippen LogP contribution >= 0.6 is 0 Å². The molecule has 0 spiro atoms. The number of nitrogens with one attached hydrogen (secondary N) is 1. The summed E-state index contributed by atoms with van der Waals surface area (Å²) in [5.74, 6) is -0.242. The van der Waals surface area contributed by atoms with Crippen molar-refractivity contribution in [3.63, 3.8) is 0 Å². The van der Waals surface area contributed by atoms with Gasteiger partial charge in [0.25, 0.3) is 0 Å². The third kappa shape index (κ3) is 2.34. The Labute approximate surface area is 105 Å². The zero-order chi connectivity index (χ0) is 13.1. The first kappa shape index (κ1) is 12.5. The van der Waals surface area contributed by atoms with Crippen molar-refractivity contribution in [2.75, 3.05) is 6.61 Å². The summed E-state index contributed by atoms with van der Waals surface area (Å²) in [6.45, 7) is 3.62. The number of rotatable bonds is 4. The lowest BCUT2D eigenvalue weighted by atomic mass is 9.83. The van der Waals surface area contributed by atoms with E-state index >= 15 is 0 Å². The second kappa shape index (κ2) is 5.16. The first-order valence-corrected chi connectivity index (χ1v) is 6.05. The van der Waals surface area contributed by atoms with Gasteiger partial charge >= 0.3 is 5.97 Å². The molecule has 0 saturated heterocycles. The highest BCUT2D eigenvalue weighted by molar-refractivity contribution is 5.81. The number of aromatic nitrogens is 1. The monoisotopic (exact) mass is 251 g/mol. The SMILES string of the molecule is C=CC(=O)OCCC1CCCc2c(O)[nH]c(O)c21. The Kier molecular flexibility index (Phi) is 3.60.